The van der Waals surface area contributed by atoms with E-state index in [-0.39, 0.29) is 6.10 Å². The highest BCUT2D eigenvalue weighted by molar-refractivity contribution is 5.31. The summed E-state index contributed by atoms with van der Waals surface area (Å²) in [5.41, 5.74) is 4.01. The molecule has 1 heterocycles. The maximum atomic E-state index is 10.3. The minimum absolute atomic E-state index is 0.102. The van der Waals surface area contributed by atoms with E-state index >= 15 is 0 Å². The van der Waals surface area contributed by atoms with Crippen LogP contribution in [-0.4, -0.2) is 42.3 Å². The first-order chi connectivity index (χ1) is 13.5. The van der Waals surface area contributed by atoms with E-state index < -0.39 is 0 Å². The third-order valence-corrected chi connectivity index (χ3v) is 9.72. The number of rotatable bonds is 2. The molecule has 3 fully saturated rings. The van der Waals surface area contributed by atoms with E-state index in [1.54, 1.807) is 11.3 Å². The quantitative estimate of drug-likeness (QED) is 0.695. The Morgan fingerprint density at radius 2 is 1.86 bits per heavy atom. The van der Waals surface area contributed by atoms with E-state index in [1.807, 2.05) is 0 Å². The van der Waals surface area contributed by atoms with Gasteiger partial charge in [-0.15, -0.1) is 0 Å². The summed E-state index contributed by atoms with van der Waals surface area (Å²) in [5, 5.41) is 13.9. The monoisotopic (exact) mass is 384 g/mol. The van der Waals surface area contributed by atoms with E-state index in [0.717, 1.165) is 43.7 Å². The van der Waals surface area contributed by atoms with Crippen LogP contribution in [0, 0.1) is 34.5 Å². The van der Waals surface area contributed by atoms with Crippen LogP contribution < -0.4 is 5.32 Å². The van der Waals surface area contributed by atoms with Crippen molar-refractivity contribution in [1.82, 2.24) is 10.2 Å². The van der Waals surface area contributed by atoms with Gasteiger partial charge in [-0.05, 0) is 74.0 Å². The van der Waals surface area contributed by atoms with Crippen molar-refractivity contribution in [3.63, 3.8) is 0 Å². The molecular formula is C25H40N2O. The van der Waals surface area contributed by atoms with Gasteiger partial charge >= 0.3 is 0 Å². The van der Waals surface area contributed by atoms with Gasteiger partial charge in [0.2, 0.25) is 0 Å². The Bertz CT molecular complexity index is 678. The zero-order valence-electron chi connectivity index (χ0n) is 18.2. The summed E-state index contributed by atoms with van der Waals surface area (Å²) in [5.74, 6) is 3.16. The average molecular weight is 385 g/mol. The van der Waals surface area contributed by atoms with Crippen molar-refractivity contribution in [3.8, 4) is 0 Å². The summed E-state index contributed by atoms with van der Waals surface area (Å²) in [7, 11) is 0. The molecule has 0 aromatic carbocycles. The third-order valence-electron chi connectivity index (χ3n) is 9.72. The van der Waals surface area contributed by atoms with E-state index in [1.165, 1.54) is 45.2 Å². The highest BCUT2D eigenvalue weighted by atomic mass is 16.3. The fourth-order valence-corrected chi connectivity index (χ4v) is 8.14. The topological polar surface area (TPSA) is 35.5 Å². The zero-order valence-corrected chi connectivity index (χ0v) is 18.2. The van der Waals surface area contributed by atoms with Gasteiger partial charge < -0.3 is 15.3 Å². The molecule has 2 N–H and O–H groups in total. The number of allylic oxidation sites excluding steroid dienone is 3. The predicted molar refractivity (Wildman–Crippen MR) is 115 cm³/mol. The number of piperazine rings is 1. The summed E-state index contributed by atoms with van der Waals surface area (Å²) < 4.78 is 0. The number of aliphatic hydroxyl groups excluding tert-OH is 1. The van der Waals surface area contributed by atoms with E-state index in [9.17, 15) is 5.11 Å². The first-order valence-electron chi connectivity index (χ1n) is 12.0. The van der Waals surface area contributed by atoms with Gasteiger partial charge in [-0.2, -0.15) is 0 Å². The van der Waals surface area contributed by atoms with Crippen molar-refractivity contribution in [3.05, 3.63) is 23.4 Å². The summed E-state index contributed by atoms with van der Waals surface area (Å²) in [6.45, 7) is 12.2. The molecule has 0 bridgehead atoms. The van der Waals surface area contributed by atoms with Crippen molar-refractivity contribution in [2.75, 3.05) is 26.2 Å². The van der Waals surface area contributed by atoms with Crippen LogP contribution in [0.15, 0.2) is 23.4 Å². The van der Waals surface area contributed by atoms with Crippen LogP contribution in [0.25, 0.3) is 0 Å². The SMILES string of the molecule is CC[C@H]1C=C2C[C@H](O)CC[C@]2(C)[C@H]2CC[C@]3(C)C(N4CCNCC4)=CC[C@H]3[C@H]12. The van der Waals surface area contributed by atoms with Crippen molar-refractivity contribution >= 4 is 0 Å². The number of hydrogen-bond donors (Lipinski definition) is 2. The van der Waals surface area contributed by atoms with E-state index in [4.69, 9.17) is 0 Å². The number of nitrogens with one attached hydrogen (secondary N) is 1. The average Bonchev–Trinajstić information content (AvgIpc) is 3.06. The second-order valence-corrected chi connectivity index (χ2v) is 10.9. The third kappa shape index (κ3) is 2.68. The Balaban J connectivity index is 1.48. The molecule has 0 amide bonds. The highest BCUT2D eigenvalue weighted by Gasteiger charge is 2.59. The molecule has 5 aliphatic rings. The minimum Gasteiger partial charge on any atom is -0.393 e. The van der Waals surface area contributed by atoms with Crippen LogP contribution in [0.2, 0.25) is 0 Å². The number of hydrogen-bond acceptors (Lipinski definition) is 3. The lowest BCUT2D eigenvalue weighted by Crippen LogP contribution is -2.54. The van der Waals surface area contributed by atoms with Gasteiger partial charge in [0.05, 0.1) is 6.10 Å². The van der Waals surface area contributed by atoms with Crippen LogP contribution in [0.5, 0.6) is 0 Å². The van der Waals surface area contributed by atoms with Gasteiger partial charge in [-0.25, -0.2) is 0 Å². The molecule has 0 spiro atoms. The molecule has 0 unspecified atom stereocenters. The summed E-state index contributed by atoms with van der Waals surface area (Å²) >= 11 is 0. The Hall–Kier alpha value is -0.800. The summed E-state index contributed by atoms with van der Waals surface area (Å²) in [6.07, 6.45) is 13.6. The second-order valence-electron chi connectivity index (χ2n) is 10.9. The molecule has 2 saturated carbocycles. The molecule has 7 atom stereocenters. The molecule has 5 rings (SSSR count). The second kappa shape index (κ2) is 6.87. The standard InChI is InChI=1S/C25H40N2O/c1-4-17-15-18-16-19(28)7-9-24(18,2)21-8-10-25(3)20(23(17)21)5-6-22(25)27-13-11-26-12-14-27/h6,15,17,19-21,23,26,28H,4-5,7-14,16H2,1-3H3/t17-,19+,20-,21-,23-,24-,25-/m0/s1. The lowest BCUT2D eigenvalue weighted by atomic mass is 9.45. The van der Waals surface area contributed by atoms with Crippen molar-refractivity contribution in [2.24, 2.45) is 34.5 Å². The predicted octanol–water partition coefficient (Wildman–Crippen LogP) is 4.35. The Morgan fingerprint density at radius 3 is 2.61 bits per heavy atom. The molecule has 28 heavy (non-hydrogen) atoms. The Labute approximate surface area is 171 Å². The lowest BCUT2D eigenvalue weighted by molar-refractivity contribution is -0.0579. The lowest BCUT2D eigenvalue weighted by Gasteiger charge is -2.60. The van der Waals surface area contributed by atoms with Gasteiger partial charge in [0.1, 0.15) is 0 Å². The maximum absolute atomic E-state index is 10.3. The summed E-state index contributed by atoms with van der Waals surface area (Å²) in [6, 6.07) is 0. The van der Waals surface area contributed by atoms with Crippen molar-refractivity contribution in [1.29, 1.82) is 0 Å². The van der Waals surface area contributed by atoms with Crippen LogP contribution in [0.4, 0.5) is 0 Å². The summed E-state index contributed by atoms with van der Waals surface area (Å²) in [4.78, 5) is 2.71. The molecule has 0 radical (unpaired) electrons. The number of aliphatic hydroxyl groups is 1. The fourth-order valence-electron chi connectivity index (χ4n) is 8.14. The van der Waals surface area contributed by atoms with Crippen LogP contribution in [0.1, 0.15) is 65.7 Å². The first kappa shape index (κ1) is 19.2. The van der Waals surface area contributed by atoms with E-state index in [2.05, 4.69) is 43.1 Å². The van der Waals surface area contributed by atoms with Crippen LogP contribution in [0.3, 0.4) is 0 Å². The highest BCUT2D eigenvalue weighted by Crippen LogP contribution is 2.66. The van der Waals surface area contributed by atoms with E-state index in [0.29, 0.717) is 16.7 Å². The maximum Gasteiger partial charge on any atom is 0.0577 e. The van der Waals surface area contributed by atoms with Gasteiger partial charge in [0.15, 0.2) is 0 Å². The molecule has 0 aromatic rings. The Morgan fingerprint density at radius 1 is 1.11 bits per heavy atom. The first-order valence-corrected chi connectivity index (χ1v) is 12.0. The van der Waals surface area contributed by atoms with Crippen LogP contribution in [-0.2, 0) is 0 Å². The van der Waals surface area contributed by atoms with Crippen LogP contribution >= 0.6 is 0 Å². The molecule has 1 aliphatic heterocycles. The van der Waals surface area contributed by atoms with Crippen molar-refractivity contribution in [2.45, 2.75) is 71.8 Å². The fraction of sp³-hybridized carbons (Fsp3) is 0.840. The Kier molecular flexibility index (Phi) is 4.71. The van der Waals surface area contributed by atoms with Gasteiger partial charge in [0, 0.05) is 37.3 Å². The molecule has 0 aromatic heterocycles. The molecule has 1 saturated heterocycles. The largest absolute Gasteiger partial charge is 0.393 e. The number of fused-ring (bicyclic) bond motifs is 5. The smallest absolute Gasteiger partial charge is 0.0577 e. The molecule has 3 nitrogen and oxygen atoms in total. The van der Waals surface area contributed by atoms with Gasteiger partial charge in [-0.1, -0.05) is 38.5 Å². The molecule has 4 aliphatic carbocycles. The van der Waals surface area contributed by atoms with Gasteiger partial charge in [-0.3, -0.25) is 0 Å². The number of nitrogens with zero attached hydrogens (tertiary/aromatic N) is 1. The molecular weight excluding hydrogens is 344 g/mol. The molecule has 156 valence electrons. The van der Waals surface area contributed by atoms with Gasteiger partial charge in [0.25, 0.3) is 0 Å². The minimum atomic E-state index is -0.102. The normalized spacial score (nSPS) is 48.3. The zero-order chi connectivity index (χ0) is 19.5. The van der Waals surface area contributed by atoms with Crippen molar-refractivity contribution < 1.29 is 5.11 Å². The molecule has 3 heteroatoms.